The molecule has 0 unspecified atom stereocenters. The van der Waals surface area contributed by atoms with Gasteiger partial charge in [-0.15, -0.1) is 0 Å². The number of methoxy groups -OCH3 is 2. The molecule has 5 heteroatoms. The molecular formula is C22H28N2O3. The summed E-state index contributed by atoms with van der Waals surface area (Å²) in [6.07, 6.45) is 3.33. The third kappa shape index (κ3) is 5.16. The van der Waals surface area contributed by atoms with Crippen LogP contribution in [-0.2, 0) is 11.2 Å². The first kappa shape index (κ1) is 19.1. The molecule has 1 amide bonds. The predicted octanol–water partition coefficient (Wildman–Crippen LogP) is 3.74. The number of carbonyl (C=O) groups is 1. The number of ether oxygens (including phenoxy) is 2. The van der Waals surface area contributed by atoms with Crippen LogP contribution in [0.25, 0.3) is 0 Å². The molecule has 0 spiro atoms. The van der Waals surface area contributed by atoms with Crippen LogP contribution in [0.15, 0.2) is 48.5 Å². The number of nitrogens with zero attached hydrogens (tertiary/aromatic N) is 1. The average molecular weight is 368 g/mol. The van der Waals surface area contributed by atoms with Crippen molar-refractivity contribution in [2.45, 2.75) is 31.7 Å². The van der Waals surface area contributed by atoms with Crippen molar-refractivity contribution in [1.29, 1.82) is 0 Å². The molecule has 1 saturated heterocycles. The van der Waals surface area contributed by atoms with Crippen molar-refractivity contribution in [2.24, 2.45) is 0 Å². The summed E-state index contributed by atoms with van der Waals surface area (Å²) in [5, 5.41) is 3.54. The van der Waals surface area contributed by atoms with Crippen molar-refractivity contribution in [3.8, 4) is 11.5 Å². The first-order valence-corrected chi connectivity index (χ1v) is 9.50. The largest absolute Gasteiger partial charge is 0.493 e. The van der Waals surface area contributed by atoms with E-state index >= 15 is 0 Å². The second-order valence-electron chi connectivity index (χ2n) is 6.88. The van der Waals surface area contributed by atoms with E-state index in [1.807, 2.05) is 41.3 Å². The van der Waals surface area contributed by atoms with Gasteiger partial charge >= 0.3 is 0 Å². The monoisotopic (exact) mass is 368 g/mol. The van der Waals surface area contributed by atoms with Gasteiger partial charge in [0.1, 0.15) is 0 Å². The molecule has 144 valence electrons. The lowest BCUT2D eigenvalue weighted by Crippen LogP contribution is -2.45. The van der Waals surface area contributed by atoms with E-state index < -0.39 is 0 Å². The average Bonchev–Trinajstić information content (AvgIpc) is 2.72. The topological polar surface area (TPSA) is 50.8 Å². The van der Waals surface area contributed by atoms with Crippen LogP contribution >= 0.6 is 0 Å². The molecule has 2 aromatic carbocycles. The Bertz CT molecular complexity index is 748. The van der Waals surface area contributed by atoms with Gasteiger partial charge in [0.25, 0.3) is 0 Å². The maximum absolute atomic E-state index is 12.7. The molecule has 27 heavy (non-hydrogen) atoms. The van der Waals surface area contributed by atoms with E-state index in [9.17, 15) is 4.79 Å². The molecule has 0 bridgehead atoms. The summed E-state index contributed by atoms with van der Waals surface area (Å²) < 4.78 is 10.6. The first-order chi connectivity index (χ1) is 13.2. The molecule has 3 rings (SSSR count). The van der Waals surface area contributed by atoms with Crippen LogP contribution < -0.4 is 14.8 Å². The van der Waals surface area contributed by atoms with Crippen LogP contribution in [0.4, 0.5) is 5.69 Å². The lowest BCUT2D eigenvalue weighted by molar-refractivity contribution is -0.132. The van der Waals surface area contributed by atoms with E-state index in [0.717, 1.165) is 37.2 Å². The molecule has 2 aromatic rings. The van der Waals surface area contributed by atoms with Crippen LogP contribution in [0.3, 0.4) is 0 Å². The summed E-state index contributed by atoms with van der Waals surface area (Å²) in [5.41, 5.74) is 2.19. The van der Waals surface area contributed by atoms with Crippen LogP contribution in [0, 0.1) is 0 Å². The van der Waals surface area contributed by atoms with Crippen molar-refractivity contribution in [3.05, 3.63) is 54.1 Å². The highest BCUT2D eigenvalue weighted by Crippen LogP contribution is 2.28. The van der Waals surface area contributed by atoms with Gasteiger partial charge in [0, 0.05) is 31.2 Å². The summed E-state index contributed by atoms with van der Waals surface area (Å²) in [4.78, 5) is 14.7. The van der Waals surface area contributed by atoms with Gasteiger partial charge in [0.15, 0.2) is 11.5 Å². The molecule has 0 aromatic heterocycles. The summed E-state index contributed by atoms with van der Waals surface area (Å²) in [5.74, 6) is 1.62. The third-order valence-electron chi connectivity index (χ3n) is 4.99. The van der Waals surface area contributed by atoms with E-state index in [1.165, 1.54) is 0 Å². The van der Waals surface area contributed by atoms with Crippen molar-refractivity contribution < 1.29 is 14.3 Å². The predicted molar refractivity (Wildman–Crippen MR) is 108 cm³/mol. The Morgan fingerprint density at radius 1 is 1.11 bits per heavy atom. The fourth-order valence-electron chi connectivity index (χ4n) is 3.54. The number of rotatable bonds is 7. The molecule has 1 aliphatic rings. The highest BCUT2D eigenvalue weighted by Gasteiger charge is 2.23. The summed E-state index contributed by atoms with van der Waals surface area (Å²) in [7, 11) is 3.25. The molecule has 0 aliphatic carbocycles. The van der Waals surface area contributed by atoms with E-state index in [2.05, 4.69) is 17.4 Å². The Morgan fingerprint density at radius 3 is 2.63 bits per heavy atom. The van der Waals surface area contributed by atoms with Gasteiger partial charge < -0.3 is 19.7 Å². The van der Waals surface area contributed by atoms with Crippen LogP contribution in [0.1, 0.15) is 24.8 Å². The standard InChI is InChI=1S/C22H28N2O3/c1-26-20-12-10-17(15-21(20)27-2)11-13-22(25)24-14-6-9-19(16-24)23-18-7-4-3-5-8-18/h3-5,7-8,10,12,15,19,23H,6,9,11,13-14,16H2,1-2H3/t19-/m1/s1. The Labute approximate surface area is 161 Å². The number of amides is 1. The number of anilines is 1. The Hall–Kier alpha value is -2.69. The number of hydrogen-bond acceptors (Lipinski definition) is 4. The molecular weight excluding hydrogens is 340 g/mol. The Kier molecular flexibility index (Phi) is 6.58. The number of hydrogen-bond donors (Lipinski definition) is 1. The number of aryl methyl sites for hydroxylation is 1. The van der Waals surface area contributed by atoms with Crippen LogP contribution in [-0.4, -0.2) is 44.2 Å². The summed E-state index contributed by atoms with van der Waals surface area (Å²) in [6, 6.07) is 16.3. The third-order valence-corrected chi connectivity index (χ3v) is 4.99. The van der Waals surface area contributed by atoms with Crippen molar-refractivity contribution in [3.63, 3.8) is 0 Å². The number of para-hydroxylation sites is 1. The van der Waals surface area contributed by atoms with Gasteiger partial charge in [-0.05, 0) is 49.1 Å². The van der Waals surface area contributed by atoms with Gasteiger partial charge in [0.05, 0.1) is 14.2 Å². The second-order valence-corrected chi connectivity index (χ2v) is 6.88. The van der Waals surface area contributed by atoms with Crippen LogP contribution in [0.5, 0.6) is 11.5 Å². The van der Waals surface area contributed by atoms with Crippen molar-refractivity contribution in [2.75, 3.05) is 32.6 Å². The number of likely N-dealkylation sites (tertiary alicyclic amines) is 1. The van der Waals surface area contributed by atoms with Gasteiger partial charge in [0.2, 0.25) is 5.91 Å². The van der Waals surface area contributed by atoms with Crippen LogP contribution in [0.2, 0.25) is 0 Å². The number of benzene rings is 2. The van der Waals surface area contributed by atoms with Gasteiger partial charge in [-0.2, -0.15) is 0 Å². The number of carbonyl (C=O) groups excluding carboxylic acids is 1. The highest BCUT2D eigenvalue weighted by molar-refractivity contribution is 5.76. The molecule has 0 saturated carbocycles. The fourth-order valence-corrected chi connectivity index (χ4v) is 3.54. The van der Waals surface area contributed by atoms with E-state index in [1.54, 1.807) is 14.2 Å². The second kappa shape index (κ2) is 9.31. The zero-order chi connectivity index (χ0) is 19.1. The Balaban J connectivity index is 1.53. The quantitative estimate of drug-likeness (QED) is 0.809. The molecule has 1 aliphatic heterocycles. The minimum Gasteiger partial charge on any atom is -0.493 e. The highest BCUT2D eigenvalue weighted by atomic mass is 16.5. The zero-order valence-corrected chi connectivity index (χ0v) is 16.1. The first-order valence-electron chi connectivity index (χ1n) is 9.50. The molecule has 0 radical (unpaired) electrons. The molecule has 1 atom stereocenters. The number of piperidine rings is 1. The lowest BCUT2D eigenvalue weighted by atomic mass is 10.0. The van der Waals surface area contributed by atoms with E-state index in [-0.39, 0.29) is 5.91 Å². The minimum absolute atomic E-state index is 0.212. The zero-order valence-electron chi connectivity index (χ0n) is 16.1. The normalized spacial score (nSPS) is 16.7. The fraction of sp³-hybridized carbons (Fsp3) is 0.409. The minimum atomic E-state index is 0.212. The SMILES string of the molecule is COc1ccc(CCC(=O)N2CCC[C@@H](Nc3ccccc3)C2)cc1OC. The lowest BCUT2D eigenvalue weighted by Gasteiger charge is -2.34. The maximum atomic E-state index is 12.7. The van der Waals surface area contributed by atoms with E-state index in [0.29, 0.717) is 30.4 Å². The molecule has 1 fully saturated rings. The van der Waals surface area contributed by atoms with Crippen molar-refractivity contribution in [1.82, 2.24) is 4.90 Å². The molecule has 1 heterocycles. The van der Waals surface area contributed by atoms with Gasteiger partial charge in [-0.1, -0.05) is 24.3 Å². The van der Waals surface area contributed by atoms with Crippen molar-refractivity contribution >= 4 is 11.6 Å². The maximum Gasteiger partial charge on any atom is 0.222 e. The Morgan fingerprint density at radius 2 is 1.89 bits per heavy atom. The summed E-state index contributed by atoms with van der Waals surface area (Å²) in [6.45, 7) is 1.61. The van der Waals surface area contributed by atoms with Gasteiger partial charge in [-0.25, -0.2) is 0 Å². The smallest absolute Gasteiger partial charge is 0.222 e. The molecule has 1 N–H and O–H groups in total. The van der Waals surface area contributed by atoms with Gasteiger partial charge in [-0.3, -0.25) is 4.79 Å². The summed E-state index contributed by atoms with van der Waals surface area (Å²) >= 11 is 0. The number of nitrogens with one attached hydrogen (secondary N) is 1. The molecule has 5 nitrogen and oxygen atoms in total. The van der Waals surface area contributed by atoms with E-state index in [4.69, 9.17) is 9.47 Å².